The molecule has 2 heterocycles. The molecule has 2 aliphatic heterocycles. The topological polar surface area (TPSA) is 6.48 Å². The van der Waals surface area contributed by atoms with Gasteiger partial charge in [-0.2, -0.15) is 0 Å². The van der Waals surface area contributed by atoms with E-state index in [0.717, 1.165) is 11.8 Å². The molecule has 2 rings (SSSR count). The molecule has 0 N–H and O–H groups in total. The van der Waals surface area contributed by atoms with Crippen LogP contribution in [0, 0.1) is 17.3 Å². The van der Waals surface area contributed by atoms with Crippen LogP contribution in [0.1, 0.15) is 53.4 Å². The van der Waals surface area contributed by atoms with Gasteiger partial charge in [-0.05, 0) is 62.6 Å². The lowest BCUT2D eigenvalue weighted by Gasteiger charge is -2.54. The van der Waals surface area contributed by atoms with E-state index in [2.05, 4.69) is 37.5 Å². The number of nitrogens with zero attached hydrogens (tertiary/aromatic N) is 2. The molecule has 19 heavy (non-hydrogen) atoms. The van der Waals surface area contributed by atoms with E-state index in [4.69, 9.17) is 0 Å². The monoisotopic (exact) mass is 266 g/mol. The molecule has 0 radical (unpaired) electrons. The van der Waals surface area contributed by atoms with Crippen LogP contribution in [0.15, 0.2) is 0 Å². The van der Waals surface area contributed by atoms with E-state index in [1.165, 1.54) is 65.0 Å². The molecule has 0 atom stereocenters. The molecule has 0 saturated carbocycles. The highest BCUT2D eigenvalue weighted by atomic mass is 15.2. The molecule has 1 spiro atoms. The second kappa shape index (κ2) is 6.58. The Kier molecular flexibility index (Phi) is 5.30. The van der Waals surface area contributed by atoms with E-state index in [1.807, 2.05) is 0 Å². The quantitative estimate of drug-likeness (QED) is 0.726. The van der Waals surface area contributed by atoms with Crippen molar-refractivity contribution in [3.05, 3.63) is 0 Å². The fraction of sp³-hybridized carbons (Fsp3) is 1.00. The molecule has 0 aliphatic carbocycles. The summed E-state index contributed by atoms with van der Waals surface area (Å²) >= 11 is 0. The van der Waals surface area contributed by atoms with Crippen molar-refractivity contribution in [2.45, 2.75) is 53.4 Å². The van der Waals surface area contributed by atoms with Gasteiger partial charge in [0.15, 0.2) is 0 Å². The Hall–Kier alpha value is -0.0800. The van der Waals surface area contributed by atoms with Gasteiger partial charge in [-0.25, -0.2) is 0 Å². The van der Waals surface area contributed by atoms with Gasteiger partial charge in [0.2, 0.25) is 0 Å². The lowest BCUT2D eigenvalue weighted by molar-refractivity contribution is -0.0485. The van der Waals surface area contributed by atoms with Crippen LogP contribution in [0.4, 0.5) is 0 Å². The molecular formula is C17H34N2. The Morgan fingerprint density at radius 2 is 1.53 bits per heavy atom. The molecule has 0 unspecified atom stereocenters. The number of hydrogen-bond donors (Lipinski definition) is 0. The Balaban J connectivity index is 1.61. The molecule has 0 aromatic heterocycles. The SMILES string of the molecule is CC(C)CCCN1CC2(CCN(CC(C)C)CC2)C1. The van der Waals surface area contributed by atoms with Crippen LogP contribution in [0.25, 0.3) is 0 Å². The second-order valence-electron chi connectivity index (χ2n) is 7.94. The van der Waals surface area contributed by atoms with Gasteiger partial charge >= 0.3 is 0 Å². The van der Waals surface area contributed by atoms with Crippen molar-refractivity contribution in [2.24, 2.45) is 17.3 Å². The third-order valence-corrected chi connectivity index (χ3v) is 4.91. The predicted octanol–water partition coefficient (Wildman–Crippen LogP) is 3.48. The van der Waals surface area contributed by atoms with E-state index >= 15 is 0 Å². The summed E-state index contributed by atoms with van der Waals surface area (Å²) in [6, 6.07) is 0. The summed E-state index contributed by atoms with van der Waals surface area (Å²) in [6.45, 7) is 17.5. The van der Waals surface area contributed by atoms with Crippen LogP contribution in [0.5, 0.6) is 0 Å². The average Bonchev–Trinajstić information content (AvgIpc) is 2.28. The number of hydrogen-bond acceptors (Lipinski definition) is 2. The number of rotatable bonds is 6. The Morgan fingerprint density at radius 3 is 2.05 bits per heavy atom. The van der Waals surface area contributed by atoms with Crippen LogP contribution in [-0.4, -0.2) is 49.1 Å². The number of likely N-dealkylation sites (tertiary alicyclic amines) is 2. The summed E-state index contributed by atoms with van der Waals surface area (Å²) in [6.07, 6.45) is 5.68. The summed E-state index contributed by atoms with van der Waals surface area (Å²) in [7, 11) is 0. The predicted molar refractivity (Wildman–Crippen MR) is 83.5 cm³/mol. The lowest BCUT2D eigenvalue weighted by Crippen LogP contribution is -2.60. The largest absolute Gasteiger partial charge is 0.303 e. The van der Waals surface area contributed by atoms with E-state index in [-0.39, 0.29) is 0 Å². The first-order valence-electron chi connectivity index (χ1n) is 8.44. The fourth-order valence-corrected chi connectivity index (χ4v) is 3.83. The standard InChI is InChI=1S/C17H34N2/c1-15(2)6-5-9-19-13-17(14-19)7-10-18(11-8-17)12-16(3)4/h15-16H,5-14H2,1-4H3. The first-order valence-corrected chi connectivity index (χ1v) is 8.44. The van der Waals surface area contributed by atoms with Crippen LogP contribution < -0.4 is 0 Å². The van der Waals surface area contributed by atoms with E-state index in [0.29, 0.717) is 5.41 Å². The van der Waals surface area contributed by atoms with E-state index in [1.54, 1.807) is 0 Å². The van der Waals surface area contributed by atoms with Crippen molar-refractivity contribution in [1.82, 2.24) is 9.80 Å². The maximum Gasteiger partial charge on any atom is 0.00514 e. The highest BCUT2D eigenvalue weighted by Gasteiger charge is 2.44. The molecule has 2 saturated heterocycles. The first-order chi connectivity index (χ1) is 8.99. The molecule has 0 bridgehead atoms. The molecule has 2 nitrogen and oxygen atoms in total. The van der Waals surface area contributed by atoms with Crippen molar-refractivity contribution in [3.8, 4) is 0 Å². The van der Waals surface area contributed by atoms with Crippen LogP contribution in [-0.2, 0) is 0 Å². The minimum absolute atomic E-state index is 0.714. The maximum atomic E-state index is 2.69. The highest BCUT2D eigenvalue weighted by Crippen LogP contribution is 2.40. The summed E-state index contributed by atoms with van der Waals surface area (Å²) in [4.78, 5) is 5.37. The zero-order valence-corrected chi connectivity index (χ0v) is 13.6. The fourth-order valence-electron chi connectivity index (χ4n) is 3.83. The first kappa shape index (κ1) is 15.3. The molecule has 2 heteroatoms. The molecule has 0 aromatic carbocycles. The van der Waals surface area contributed by atoms with Crippen molar-refractivity contribution in [3.63, 3.8) is 0 Å². The minimum Gasteiger partial charge on any atom is -0.303 e. The molecule has 2 fully saturated rings. The second-order valence-corrected chi connectivity index (χ2v) is 7.94. The van der Waals surface area contributed by atoms with E-state index < -0.39 is 0 Å². The summed E-state index contributed by atoms with van der Waals surface area (Å²) in [5.74, 6) is 1.69. The molecular weight excluding hydrogens is 232 g/mol. The summed E-state index contributed by atoms with van der Waals surface area (Å²) in [5.41, 5.74) is 0.714. The Labute approximate surface area is 120 Å². The third-order valence-electron chi connectivity index (χ3n) is 4.91. The van der Waals surface area contributed by atoms with Gasteiger partial charge in [-0.3, -0.25) is 0 Å². The molecule has 0 aromatic rings. The van der Waals surface area contributed by atoms with Crippen molar-refractivity contribution >= 4 is 0 Å². The lowest BCUT2D eigenvalue weighted by atomic mass is 9.72. The minimum atomic E-state index is 0.714. The van der Waals surface area contributed by atoms with E-state index in [9.17, 15) is 0 Å². The highest BCUT2D eigenvalue weighted by molar-refractivity contribution is 4.98. The van der Waals surface area contributed by atoms with Crippen LogP contribution >= 0.6 is 0 Å². The smallest absolute Gasteiger partial charge is 0.00514 e. The number of piperidine rings is 1. The molecule has 112 valence electrons. The van der Waals surface area contributed by atoms with Gasteiger partial charge in [0.1, 0.15) is 0 Å². The Bertz CT molecular complexity index is 256. The zero-order valence-electron chi connectivity index (χ0n) is 13.6. The average molecular weight is 266 g/mol. The van der Waals surface area contributed by atoms with Crippen molar-refractivity contribution in [2.75, 3.05) is 39.3 Å². The van der Waals surface area contributed by atoms with Gasteiger partial charge in [0.05, 0.1) is 0 Å². The van der Waals surface area contributed by atoms with Crippen molar-refractivity contribution in [1.29, 1.82) is 0 Å². The molecule has 2 aliphatic rings. The van der Waals surface area contributed by atoms with Gasteiger partial charge in [0, 0.05) is 19.6 Å². The third kappa shape index (κ3) is 4.46. The normalized spacial score (nSPS) is 24.3. The van der Waals surface area contributed by atoms with Gasteiger partial charge in [-0.1, -0.05) is 27.7 Å². The summed E-state index contributed by atoms with van der Waals surface area (Å²) in [5, 5.41) is 0. The Morgan fingerprint density at radius 1 is 0.895 bits per heavy atom. The molecule has 0 amide bonds. The van der Waals surface area contributed by atoms with Crippen LogP contribution in [0.2, 0.25) is 0 Å². The van der Waals surface area contributed by atoms with Gasteiger partial charge in [0.25, 0.3) is 0 Å². The summed E-state index contributed by atoms with van der Waals surface area (Å²) < 4.78 is 0. The van der Waals surface area contributed by atoms with Gasteiger partial charge in [-0.15, -0.1) is 0 Å². The van der Waals surface area contributed by atoms with Crippen LogP contribution in [0.3, 0.4) is 0 Å². The van der Waals surface area contributed by atoms with Gasteiger partial charge < -0.3 is 9.80 Å². The zero-order chi connectivity index (χ0) is 13.9. The maximum absolute atomic E-state index is 2.69. The van der Waals surface area contributed by atoms with Crippen molar-refractivity contribution < 1.29 is 0 Å².